The second kappa shape index (κ2) is 6.98. The van der Waals surface area contributed by atoms with Crippen LogP contribution in [0.2, 0.25) is 0 Å². The van der Waals surface area contributed by atoms with E-state index in [1.54, 1.807) is 11.3 Å². The first-order chi connectivity index (χ1) is 7.24. The predicted octanol–water partition coefficient (Wildman–Crippen LogP) is 2.13. The molecule has 0 saturated carbocycles. The van der Waals surface area contributed by atoms with Crippen LogP contribution in [0.3, 0.4) is 0 Å². The molecular formula is C10H15BrN2OS. The van der Waals surface area contributed by atoms with E-state index in [9.17, 15) is 4.79 Å². The van der Waals surface area contributed by atoms with Crippen LogP contribution in [0.1, 0.15) is 18.2 Å². The first kappa shape index (κ1) is 12.7. The smallest absolute Gasteiger partial charge is 0.221 e. The number of hydrogen-bond donors (Lipinski definition) is 2. The summed E-state index contributed by atoms with van der Waals surface area (Å²) in [5, 5.41) is 8.05. The monoisotopic (exact) mass is 290 g/mol. The molecule has 0 aliphatic heterocycles. The number of nitrogens with one attached hydrogen (secondary N) is 2. The normalized spacial score (nSPS) is 10.3. The van der Waals surface area contributed by atoms with Crippen LogP contribution in [-0.2, 0) is 11.3 Å². The van der Waals surface area contributed by atoms with Crippen LogP contribution < -0.4 is 10.6 Å². The number of carbonyl (C=O) groups is 1. The molecule has 0 fully saturated rings. The van der Waals surface area contributed by atoms with Crippen molar-refractivity contribution in [2.45, 2.75) is 19.9 Å². The fourth-order valence-corrected chi connectivity index (χ4v) is 2.60. The summed E-state index contributed by atoms with van der Waals surface area (Å²) in [7, 11) is 0. The SMILES string of the molecule is CCNC(=O)CCNCc1sccc1Br. The molecule has 3 nitrogen and oxygen atoms in total. The number of rotatable bonds is 6. The van der Waals surface area contributed by atoms with Crippen LogP contribution in [0, 0.1) is 0 Å². The Morgan fingerprint density at radius 2 is 2.40 bits per heavy atom. The summed E-state index contributed by atoms with van der Waals surface area (Å²) >= 11 is 5.17. The summed E-state index contributed by atoms with van der Waals surface area (Å²) in [6.45, 7) is 4.16. The second-order valence-corrected chi connectivity index (χ2v) is 4.93. The first-order valence-electron chi connectivity index (χ1n) is 4.93. The molecule has 1 amide bonds. The van der Waals surface area contributed by atoms with Gasteiger partial charge in [-0.05, 0) is 34.3 Å². The minimum absolute atomic E-state index is 0.107. The third-order valence-electron chi connectivity index (χ3n) is 1.88. The van der Waals surface area contributed by atoms with E-state index in [4.69, 9.17) is 0 Å². The summed E-state index contributed by atoms with van der Waals surface area (Å²) < 4.78 is 1.14. The van der Waals surface area contributed by atoms with Crippen molar-refractivity contribution >= 4 is 33.2 Å². The van der Waals surface area contributed by atoms with E-state index in [2.05, 4.69) is 26.6 Å². The standard InChI is InChI=1S/C10H15BrN2OS/c1-2-13-10(14)3-5-12-7-9-8(11)4-6-15-9/h4,6,12H,2-3,5,7H2,1H3,(H,13,14). The minimum Gasteiger partial charge on any atom is -0.356 e. The van der Waals surface area contributed by atoms with Crippen LogP contribution in [0.15, 0.2) is 15.9 Å². The van der Waals surface area contributed by atoms with E-state index >= 15 is 0 Å². The lowest BCUT2D eigenvalue weighted by Gasteiger charge is -2.04. The van der Waals surface area contributed by atoms with Crippen molar-refractivity contribution in [3.63, 3.8) is 0 Å². The fraction of sp³-hybridized carbons (Fsp3) is 0.500. The highest BCUT2D eigenvalue weighted by Gasteiger charge is 2.01. The summed E-state index contributed by atoms with van der Waals surface area (Å²) in [6, 6.07) is 2.03. The molecule has 5 heteroatoms. The molecule has 0 unspecified atom stereocenters. The van der Waals surface area contributed by atoms with Gasteiger partial charge in [-0.25, -0.2) is 0 Å². The Balaban J connectivity index is 2.12. The molecule has 1 aromatic rings. The van der Waals surface area contributed by atoms with E-state index in [0.717, 1.165) is 17.6 Å². The predicted molar refractivity (Wildman–Crippen MR) is 67.0 cm³/mol. The van der Waals surface area contributed by atoms with Crippen LogP contribution in [0.5, 0.6) is 0 Å². The lowest BCUT2D eigenvalue weighted by Crippen LogP contribution is -2.27. The molecule has 0 radical (unpaired) electrons. The molecule has 2 N–H and O–H groups in total. The third-order valence-corrected chi connectivity index (χ3v) is 3.81. The Kier molecular flexibility index (Phi) is 5.90. The average molecular weight is 291 g/mol. The highest BCUT2D eigenvalue weighted by atomic mass is 79.9. The van der Waals surface area contributed by atoms with Crippen molar-refractivity contribution in [1.29, 1.82) is 0 Å². The van der Waals surface area contributed by atoms with Crippen molar-refractivity contribution in [2.24, 2.45) is 0 Å². The lowest BCUT2D eigenvalue weighted by atomic mass is 10.4. The van der Waals surface area contributed by atoms with E-state index in [1.165, 1.54) is 4.88 Å². The van der Waals surface area contributed by atoms with Crippen molar-refractivity contribution < 1.29 is 4.79 Å². The quantitative estimate of drug-likeness (QED) is 0.788. The maximum Gasteiger partial charge on any atom is 0.221 e. The van der Waals surface area contributed by atoms with E-state index in [0.29, 0.717) is 13.0 Å². The minimum atomic E-state index is 0.107. The zero-order chi connectivity index (χ0) is 11.1. The first-order valence-corrected chi connectivity index (χ1v) is 6.60. The molecular weight excluding hydrogens is 276 g/mol. The molecule has 0 bridgehead atoms. The molecule has 1 rings (SSSR count). The van der Waals surface area contributed by atoms with Crippen molar-refractivity contribution in [1.82, 2.24) is 10.6 Å². The molecule has 1 heterocycles. The topological polar surface area (TPSA) is 41.1 Å². The van der Waals surface area contributed by atoms with Crippen molar-refractivity contribution in [2.75, 3.05) is 13.1 Å². The number of halogens is 1. The molecule has 0 saturated heterocycles. The highest BCUT2D eigenvalue weighted by molar-refractivity contribution is 9.10. The molecule has 0 aromatic carbocycles. The number of carbonyl (C=O) groups excluding carboxylic acids is 1. The van der Waals surface area contributed by atoms with Crippen LogP contribution >= 0.6 is 27.3 Å². The summed E-state index contributed by atoms with van der Waals surface area (Å²) in [5.74, 6) is 0.107. The van der Waals surface area contributed by atoms with Crippen LogP contribution in [0.25, 0.3) is 0 Å². The van der Waals surface area contributed by atoms with Gasteiger partial charge in [0, 0.05) is 35.4 Å². The Morgan fingerprint density at radius 3 is 3.00 bits per heavy atom. The largest absolute Gasteiger partial charge is 0.356 e. The fourth-order valence-electron chi connectivity index (χ4n) is 1.14. The van der Waals surface area contributed by atoms with Gasteiger partial charge in [0.25, 0.3) is 0 Å². The van der Waals surface area contributed by atoms with Gasteiger partial charge in [0.15, 0.2) is 0 Å². The zero-order valence-corrected chi connectivity index (χ0v) is 11.1. The van der Waals surface area contributed by atoms with E-state index in [1.807, 2.05) is 18.4 Å². The summed E-state index contributed by atoms with van der Waals surface area (Å²) in [4.78, 5) is 12.4. The number of amides is 1. The summed E-state index contributed by atoms with van der Waals surface area (Å²) in [5.41, 5.74) is 0. The summed E-state index contributed by atoms with van der Waals surface area (Å²) in [6.07, 6.45) is 0.539. The average Bonchev–Trinajstić information content (AvgIpc) is 2.60. The lowest BCUT2D eigenvalue weighted by molar-refractivity contribution is -0.120. The Morgan fingerprint density at radius 1 is 1.60 bits per heavy atom. The van der Waals surface area contributed by atoms with E-state index < -0.39 is 0 Å². The third kappa shape index (κ3) is 4.77. The molecule has 84 valence electrons. The maximum absolute atomic E-state index is 11.1. The number of hydrogen-bond acceptors (Lipinski definition) is 3. The van der Waals surface area contributed by atoms with Gasteiger partial charge in [0.05, 0.1) is 0 Å². The Hall–Kier alpha value is -0.390. The van der Waals surface area contributed by atoms with Gasteiger partial charge in [-0.3, -0.25) is 4.79 Å². The molecule has 0 atom stereocenters. The Bertz CT molecular complexity index is 314. The molecule has 1 aromatic heterocycles. The van der Waals surface area contributed by atoms with Gasteiger partial charge in [0.2, 0.25) is 5.91 Å². The molecule has 0 aliphatic carbocycles. The van der Waals surface area contributed by atoms with Gasteiger partial charge in [-0.1, -0.05) is 0 Å². The highest BCUT2D eigenvalue weighted by Crippen LogP contribution is 2.21. The molecule has 15 heavy (non-hydrogen) atoms. The van der Waals surface area contributed by atoms with Crippen molar-refractivity contribution in [3.05, 3.63) is 20.8 Å². The van der Waals surface area contributed by atoms with Gasteiger partial charge in [-0.2, -0.15) is 0 Å². The number of thiophene rings is 1. The van der Waals surface area contributed by atoms with Gasteiger partial charge in [0.1, 0.15) is 0 Å². The molecule has 0 aliphatic rings. The van der Waals surface area contributed by atoms with E-state index in [-0.39, 0.29) is 5.91 Å². The Labute approximate surface area is 102 Å². The van der Waals surface area contributed by atoms with Crippen LogP contribution in [0.4, 0.5) is 0 Å². The van der Waals surface area contributed by atoms with Gasteiger partial charge < -0.3 is 10.6 Å². The maximum atomic E-state index is 11.1. The van der Waals surface area contributed by atoms with Gasteiger partial charge in [-0.15, -0.1) is 11.3 Å². The van der Waals surface area contributed by atoms with Gasteiger partial charge >= 0.3 is 0 Å². The van der Waals surface area contributed by atoms with Crippen molar-refractivity contribution in [3.8, 4) is 0 Å². The second-order valence-electron chi connectivity index (χ2n) is 3.07. The molecule has 0 spiro atoms. The van der Waals surface area contributed by atoms with Crippen LogP contribution in [-0.4, -0.2) is 19.0 Å². The zero-order valence-electron chi connectivity index (χ0n) is 8.68.